The van der Waals surface area contributed by atoms with E-state index >= 15 is 0 Å². The molecule has 0 bridgehead atoms. The quantitative estimate of drug-likeness (QED) is 0.768. The Morgan fingerprint density at radius 3 is 1.60 bits per heavy atom. The van der Waals surface area contributed by atoms with E-state index in [-0.39, 0.29) is 0 Å². The first kappa shape index (κ1) is 21.8. The van der Waals surface area contributed by atoms with E-state index in [1.54, 1.807) is 0 Å². The van der Waals surface area contributed by atoms with Crippen molar-refractivity contribution >= 4 is 0 Å². The van der Waals surface area contributed by atoms with Gasteiger partial charge in [-0.25, -0.2) is 0 Å². The van der Waals surface area contributed by atoms with E-state index in [1.807, 2.05) is 41.5 Å². The van der Waals surface area contributed by atoms with Crippen LogP contribution in [0, 0.1) is 0 Å². The standard InChI is InChI=1S/C11H21N3.3C2H6/c1-10(2)14-8-11(9-14)13-6-4-12(3)5-7-13;3*1-2/h11H,1,4-9H2,2-3H3;3*1-2H3. The van der Waals surface area contributed by atoms with Gasteiger partial charge in [0.15, 0.2) is 0 Å². The van der Waals surface area contributed by atoms with E-state index in [1.165, 1.54) is 45.0 Å². The Morgan fingerprint density at radius 1 is 0.850 bits per heavy atom. The van der Waals surface area contributed by atoms with E-state index in [2.05, 4.69) is 35.3 Å². The highest BCUT2D eigenvalue weighted by Gasteiger charge is 2.32. The van der Waals surface area contributed by atoms with Gasteiger partial charge < -0.3 is 9.80 Å². The Labute approximate surface area is 128 Å². The van der Waals surface area contributed by atoms with Crippen molar-refractivity contribution in [3.8, 4) is 0 Å². The molecule has 0 aromatic rings. The van der Waals surface area contributed by atoms with Gasteiger partial charge in [-0.15, -0.1) is 0 Å². The van der Waals surface area contributed by atoms with Gasteiger partial charge in [-0.1, -0.05) is 48.1 Å². The average Bonchev–Trinajstić information content (AvgIpc) is 2.46. The Morgan fingerprint density at radius 2 is 1.25 bits per heavy atom. The molecule has 2 aliphatic heterocycles. The number of likely N-dealkylation sites (tertiary alicyclic amines) is 1. The summed E-state index contributed by atoms with van der Waals surface area (Å²) in [6, 6.07) is 0.792. The zero-order valence-corrected chi connectivity index (χ0v) is 15.4. The van der Waals surface area contributed by atoms with Crippen molar-refractivity contribution in [3.05, 3.63) is 12.3 Å². The number of nitrogens with zero attached hydrogens (tertiary/aromatic N) is 3. The number of piperazine rings is 1. The molecule has 0 saturated carbocycles. The largest absolute Gasteiger partial charge is 0.372 e. The Hall–Kier alpha value is -0.540. The van der Waals surface area contributed by atoms with Crippen LogP contribution in [0.4, 0.5) is 0 Å². The second-order valence-corrected chi connectivity index (χ2v) is 4.63. The number of hydrogen-bond acceptors (Lipinski definition) is 3. The van der Waals surface area contributed by atoms with E-state index in [9.17, 15) is 0 Å². The molecule has 2 fully saturated rings. The van der Waals surface area contributed by atoms with E-state index < -0.39 is 0 Å². The van der Waals surface area contributed by atoms with Crippen molar-refractivity contribution in [2.45, 2.75) is 54.5 Å². The predicted molar refractivity (Wildman–Crippen MR) is 93.3 cm³/mol. The molecule has 122 valence electrons. The fraction of sp³-hybridized carbons (Fsp3) is 0.882. The van der Waals surface area contributed by atoms with Crippen LogP contribution in [0.3, 0.4) is 0 Å². The summed E-state index contributed by atoms with van der Waals surface area (Å²) in [4.78, 5) is 7.40. The minimum absolute atomic E-state index is 0.792. The molecule has 0 unspecified atom stereocenters. The molecule has 0 spiro atoms. The van der Waals surface area contributed by atoms with Gasteiger partial charge in [-0.3, -0.25) is 4.90 Å². The lowest BCUT2D eigenvalue weighted by Gasteiger charge is -2.49. The monoisotopic (exact) mass is 285 g/mol. The van der Waals surface area contributed by atoms with E-state index in [4.69, 9.17) is 0 Å². The van der Waals surface area contributed by atoms with E-state index in [0.717, 1.165) is 6.04 Å². The van der Waals surface area contributed by atoms with Crippen LogP contribution in [-0.4, -0.2) is 67.1 Å². The van der Waals surface area contributed by atoms with Crippen LogP contribution in [0.15, 0.2) is 12.3 Å². The van der Waals surface area contributed by atoms with Crippen LogP contribution in [0.25, 0.3) is 0 Å². The number of allylic oxidation sites excluding steroid dienone is 1. The van der Waals surface area contributed by atoms with Gasteiger partial charge in [0.25, 0.3) is 0 Å². The molecule has 0 amide bonds. The van der Waals surface area contributed by atoms with E-state index in [0.29, 0.717) is 0 Å². The maximum atomic E-state index is 3.97. The van der Waals surface area contributed by atoms with Gasteiger partial charge in [0.05, 0.1) is 0 Å². The van der Waals surface area contributed by atoms with Crippen molar-refractivity contribution in [3.63, 3.8) is 0 Å². The maximum absolute atomic E-state index is 3.97. The smallest absolute Gasteiger partial charge is 0.0447 e. The Balaban J connectivity index is 0. The second kappa shape index (κ2) is 13.4. The van der Waals surface area contributed by atoms with Crippen LogP contribution >= 0.6 is 0 Å². The highest BCUT2D eigenvalue weighted by Crippen LogP contribution is 2.19. The summed E-state index contributed by atoms with van der Waals surface area (Å²) < 4.78 is 0. The third kappa shape index (κ3) is 7.30. The fourth-order valence-corrected chi connectivity index (χ4v) is 2.19. The minimum atomic E-state index is 0.792. The average molecular weight is 286 g/mol. The SMILES string of the molecule is C=C(C)N1CC(N2CCN(C)CC2)C1.CC.CC.CC. The third-order valence-electron chi connectivity index (χ3n) is 3.46. The maximum Gasteiger partial charge on any atom is 0.0447 e. The minimum Gasteiger partial charge on any atom is -0.372 e. The van der Waals surface area contributed by atoms with Gasteiger partial charge >= 0.3 is 0 Å². The fourth-order valence-electron chi connectivity index (χ4n) is 2.19. The molecule has 0 radical (unpaired) electrons. The first-order chi connectivity index (χ1) is 9.66. The lowest BCUT2D eigenvalue weighted by Crippen LogP contribution is -2.61. The van der Waals surface area contributed by atoms with Crippen molar-refractivity contribution in [2.24, 2.45) is 0 Å². The number of hydrogen-bond donors (Lipinski definition) is 0. The molecule has 2 saturated heterocycles. The lowest BCUT2D eigenvalue weighted by atomic mass is 10.1. The number of rotatable bonds is 2. The summed E-state index contributed by atoms with van der Waals surface area (Å²) >= 11 is 0. The topological polar surface area (TPSA) is 9.72 Å². The zero-order chi connectivity index (χ0) is 16.1. The van der Waals surface area contributed by atoms with Crippen molar-refractivity contribution in [2.75, 3.05) is 46.3 Å². The molecule has 2 aliphatic rings. The molecular formula is C17H39N3. The van der Waals surface area contributed by atoms with Crippen molar-refractivity contribution in [1.29, 1.82) is 0 Å². The predicted octanol–water partition coefficient (Wildman–Crippen LogP) is 3.53. The molecule has 20 heavy (non-hydrogen) atoms. The summed E-state index contributed by atoms with van der Waals surface area (Å²) in [6.07, 6.45) is 0. The molecule has 0 aliphatic carbocycles. The summed E-state index contributed by atoms with van der Waals surface area (Å²) in [7, 11) is 2.21. The lowest BCUT2D eigenvalue weighted by molar-refractivity contribution is 0.0275. The van der Waals surface area contributed by atoms with Crippen LogP contribution in [0.5, 0.6) is 0 Å². The highest BCUT2D eigenvalue weighted by molar-refractivity contribution is 5.01. The molecule has 0 aromatic heterocycles. The van der Waals surface area contributed by atoms with Gasteiger partial charge in [0.2, 0.25) is 0 Å². The molecular weight excluding hydrogens is 246 g/mol. The molecule has 0 aromatic carbocycles. The van der Waals surface area contributed by atoms with Gasteiger partial charge in [0.1, 0.15) is 0 Å². The van der Waals surface area contributed by atoms with Crippen molar-refractivity contribution < 1.29 is 0 Å². The second-order valence-electron chi connectivity index (χ2n) is 4.63. The van der Waals surface area contributed by atoms with Crippen molar-refractivity contribution in [1.82, 2.24) is 14.7 Å². The first-order valence-corrected chi connectivity index (χ1v) is 8.50. The summed E-state index contributed by atoms with van der Waals surface area (Å²) in [5.74, 6) is 0. The number of likely N-dealkylation sites (N-methyl/N-ethyl adjacent to an activating group) is 1. The zero-order valence-electron chi connectivity index (χ0n) is 15.4. The summed E-state index contributed by atoms with van der Waals surface area (Å²) in [5.41, 5.74) is 1.22. The first-order valence-electron chi connectivity index (χ1n) is 8.50. The van der Waals surface area contributed by atoms with Crippen LogP contribution in [0.1, 0.15) is 48.5 Å². The molecule has 3 nitrogen and oxygen atoms in total. The highest BCUT2D eigenvalue weighted by atomic mass is 15.3. The third-order valence-corrected chi connectivity index (χ3v) is 3.46. The Bertz CT molecular complexity index is 214. The van der Waals surface area contributed by atoms with Crippen LogP contribution in [-0.2, 0) is 0 Å². The molecule has 3 heteroatoms. The molecule has 0 atom stereocenters. The van der Waals surface area contributed by atoms with Crippen LogP contribution < -0.4 is 0 Å². The summed E-state index contributed by atoms with van der Waals surface area (Å²) in [6.45, 7) is 25.4. The van der Waals surface area contributed by atoms with Crippen LogP contribution in [0.2, 0.25) is 0 Å². The molecule has 2 heterocycles. The van der Waals surface area contributed by atoms with Gasteiger partial charge in [-0.2, -0.15) is 0 Å². The molecule has 2 rings (SSSR count). The van der Waals surface area contributed by atoms with Gasteiger partial charge in [0, 0.05) is 51.0 Å². The van der Waals surface area contributed by atoms with Gasteiger partial charge in [-0.05, 0) is 14.0 Å². The molecule has 0 N–H and O–H groups in total. The normalized spacial score (nSPS) is 19.3. The Kier molecular flexibility index (Phi) is 14.6. The summed E-state index contributed by atoms with van der Waals surface area (Å²) in [5, 5.41) is 0.